The summed E-state index contributed by atoms with van der Waals surface area (Å²) >= 11 is 0. The van der Waals surface area contributed by atoms with Gasteiger partial charge in [0.1, 0.15) is 24.4 Å². The van der Waals surface area contributed by atoms with E-state index in [0.717, 1.165) is 19.3 Å². The summed E-state index contributed by atoms with van der Waals surface area (Å²) in [6.45, 7) is 2.21. The lowest BCUT2D eigenvalue weighted by Gasteiger charge is -2.61. The van der Waals surface area contributed by atoms with Crippen molar-refractivity contribution in [1.82, 2.24) is 0 Å². The fourth-order valence-electron chi connectivity index (χ4n) is 4.65. The molecule has 4 aliphatic rings. The SMILES string of the molecule is CC1(CO)C2CCC(COC3OC(CO)C(O)C(O)C3O)C1C2. The second-order valence-corrected chi connectivity index (χ2v) is 7.57. The van der Waals surface area contributed by atoms with Gasteiger partial charge in [-0.15, -0.1) is 0 Å². The highest BCUT2D eigenvalue weighted by Crippen LogP contribution is 2.61. The molecule has 3 aliphatic carbocycles. The molecule has 4 rings (SSSR count). The van der Waals surface area contributed by atoms with E-state index in [1.54, 1.807) is 0 Å². The summed E-state index contributed by atoms with van der Waals surface area (Å²) in [5.41, 5.74) is -0.0400. The first-order chi connectivity index (χ1) is 10.9. The summed E-state index contributed by atoms with van der Waals surface area (Å²) in [6.07, 6.45) is -2.96. The molecule has 134 valence electrons. The minimum absolute atomic E-state index is 0.0400. The van der Waals surface area contributed by atoms with Crippen LogP contribution in [0.5, 0.6) is 0 Å². The van der Waals surface area contributed by atoms with Crippen molar-refractivity contribution in [1.29, 1.82) is 0 Å². The molecule has 0 aromatic rings. The third-order valence-corrected chi connectivity index (χ3v) is 6.44. The minimum atomic E-state index is -1.41. The number of hydrogen-bond acceptors (Lipinski definition) is 7. The van der Waals surface area contributed by atoms with Crippen molar-refractivity contribution >= 4 is 0 Å². The fourth-order valence-corrected chi connectivity index (χ4v) is 4.65. The van der Waals surface area contributed by atoms with E-state index < -0.39 is 37.3 Å². The van der Waals surface area contributed by atoms with Gasteiger partial charge in [0, 0.05) is 6.61 Å². The Morgan fingerprint density at radius 3 is 2.43 bits per heavy atom. The molecule has 0 aromatic carbocycles. The molecule has 9 atom stereocenters. The third kappa shape index (κ3) is 2.82. The van der Waals surface area contributed by atoms with Crippen molar-refractivity contribution in [2.75, 3.05) is 19.8 Å². The topological polar surface area (TPSA) is 120 Å². The van der Waals surface area contributed by atoms with Gasteiger partial charge in [-0.05, 0) is 42.4 Å². The molecule has 0 spiro atoms. The monoisotopic (exact) mass is 332 g/mol. The van der Waals surface area contributed by atoms with E-state index in [0.29, 0.717) is 18.4 Å². The van der Waals surface area contributed by atoms with Gasteiger partial charge in [-0.2, -0.15) is 0 Å². The van der Waals surface area contributed by atoms with E-state index in [1.165, 1.54) is 0 Å². The first-order valence-electron chi connectivity index (χ1n) is 8.45. The predicted molar refractivity (Wildman–Crippen MR) is 79.2 cm³/mol. The molecule has 23 heavy (non-hydrogen) atoms. The lowest BCUT2D eigenvalue weighted by Crippen LogP contribution is -2.60. The van der Waals surface area contributed by atoms with Crippen LogP contribution in [0.25, 0.3) is 0 Å². The van der Waals surface area contributed by atoms with Crippen molar-refractivity contribution in [2.45, 2.75) is 56.9 Å². The Hall–Kier alpha value is -0.280. The second kappa shape index (κ2) is 6.55. The molecule has 7 heteroatoms. The zero-order valence-corrected chi connectivity index (χ0v) is 13.4. The molecular formula is C16H28O7. The van der Waals surface area contributed by atoms with Gasteiger partial charge in [0.15, 0.2) is 6.29 Å². The lowest BCUT2D eigenvalue weighted by molar-refractivity contribution is -0.307. The molecule has 4 fully saturated rings. The van der Waals surface area contributed by atoms with Crippen LogP contribution >= 0.6 is 0 Å². The fraction of sp³-hybridized carbons (Fsp3) is 1.00. The molecule has 0 aromatic heterocycles. The average molecular weight is 332 g/mol. The quantitative estimate of drug-likeness (QED) is 0.431. The van der Waals surface area contributed by atoms with Crippen LogP contribution in [0.4, 0.5) is 0 Å². The Labute approximate surface area is 135 Å². The van der Waals surface area contributed by atoms with Crippen molar-refractivity contribution in [3.8, 4) is 0 Å². The van der Waals surface area contributed by atoms with Gasteiger partial charge >= 0.3 is 0 Å². The summed E-state index contributed by atoms with van der Waals surface area (Å²) in [7, 11) is 0. The largest absolute Gasteiger partial charge is 0.396 e. The molecular weight excluding hydrogens is 304 g/mol. The van der Waals surface area contributed by atoms with Crippen molar-refractivity contribution < 1.29 is 35.0 Å². The average Bonchev–Trinajstić information content (AvgIpc) is 2.58. The zero-order valence-electron chi connectivity index (χ0n) is 13.4. The van der Waals surface area contributed by atoms with E-state index in [4.69, 9.17) is 9.47 Å². The number of rotatable bonds is 5. The van der Waals surface area contributed by atoms with Crippen LogP contribution in [-0.4, -0.2) is 76.1 Å². The van der Waals surface area contributed by atoms with Gasteiger partial charge in [-0.1, -0.05) is 6.92 Å². The van der Waals surface area contributed by atoms with Crippen molar-refractivity contribution in [3.63, 3.8) is 0 Å². The molecule has 5 N–H and O–H groups in total. The second-order valence-electron chi connectivity index (χ2n) is 7.57. The van der Waals surface area contributed by atoms with E-state index in [1.807, 2.05) is 0 Å². The number of fused-ring (bicyclic) bond motifs is 2. The van der Waals surface area contributed by atoms with E-state index >= 15 is 0 Å². The Balaban J connectivity index is 1.57. The van der Waals surface area contributed by atoms with Gasteiger partial charge in [0.25, 0.3) is 0 Å². The lowest BCUT2D eigenvalue weighted by atomic mass is 9.45. The van der Waals surface area contributed by atoms with Crippen LogP contribution in [-0.2, 0) is 9.47 Å². The van der Waals surface area contributed by atoms with Crippen LogP contribution < -0.4 is 0 Å². The van der Waals surface area contributed by atoms with Gasteiger partial charge in [0.2, 0.25) is 0 Å². The van der Waals surface area contributed by atoms with E-state index in [-0.39, 0.29) is 17.9 Å². The maximum absolute atomic E-state index is 9.99. The summed E-state index contributed by atoms with van der Waals surface area (Å²) in [5.74, 6) is 1.27. The van der Waals surface area contributed by atoms with Gasteiger partial charge in [-0.25, -0.2) is 0 Å². The van der Waals surface area contributed by atoms with E-state index in [2.05, 4.69) is 6.92 Å². The Morgan fingerprint density at radius 2 is 1.83 bits per heavy atom. The number of aliphatic hydroxyl groups excluding tert-OH is 5. The molecule has 3 saturated carbocycles. The Morgan fingerprint density at radius 1 is 1.09 bits per heavy atom. The van der Waals surface area contributed by atoms with Crippen LogP contribution in [0, 0.1) is 23.2 Å². The van der Waals surface area contributed by atoms with Crippen molar-refractivity contribution in [2.24, 2.45) is 23.2 Å². The summed E-state index contributed by atoms with van der Waals surface area (Å²) in [5, 5.41) is 48.4. The molecule has 2 bridgehead atoms. The maximum Gasteiger partial charge on any atom is 0.186 e. The highest BCUT2D eigenvalue weighted by Gasteiger charge is 2.57. The standard InChI is InChI=1S/C16H28O7/c1-16(7-18)9-3-2-8(10(16)4-9)6-22-15-14(21)13(20)12(19)11(5-17)23-15/h8-15,17-21H,2-7H2,1H3. The Bertz CT molecular complexity index is 415. The molecule has 0 radical (unpaired) electrons. The highest BCUT2D eigenvalue weighted by molar-refractivity contribution is 5.05. The van der Waals surface area contributed by atoms with Crippen LogP contribution in [0.2, 0.25) is 0 Å². The normalized spacial score (nSPS) is 53.0. The van der Waals surface area contributed by atoms with Crippen LogP contribution in [0.15, 0.2) is 0 Å². The molecule has 7 nitrogen and oxygen atoms in total. The molecule has 1 aliphatic heterocycles. The summed E-state index contributed by atoms with van der Waals surface area (Å²) < 4.78 is 11.0. The third-order valence-electron chi connectivity index (χ3n) is 6.44. The first-order valence-corrected chi connectivity index (χ1v) is 8.45. The predicted octanol–water partition coefficient (Wildman–Crippen LogP) is -1.15. The first kappa shape index (κ1) is 17.5. The number of hydrogen-bond donors (Lipinski definition) is 5. The Kier molecular flexibility index (Phi) is 5.00. The van der Waals surface area contributed by atoms with Crippen LogP contribution in [0.3, 0.4) is 0 Å². The number of ether oxygens (including phenoxy) is 2. The van der Waals surface area contributed by atoms with Gasteiger partial charge in [-0.3, -0.25) is 0 Å². The highest BCUT2D eigenvalue weighted by atomic mass is 16.7. The molecule has 0 amide bonds. The molecule has 1 saturated heterocycles. The summed E-state index contributed by atoms with van der Waals surface area (Å²) in [4.78, 5) is 0. The number of aliphatic hydroxyl groups is 5. The minimum Gasteiger partial charge on any atom is -0.396 e. The molecule has 9 unspecified atom stereocenters. The zero-order chi connectivity index (χ0) is 16.8. The molecule has 1 heterocycles. The van der Waals surface area contributed by atoms with Crippen LogP contribution in [0.1, 0.15) is 26.2 Å². The maximum atomic E-state index is 9.99. The van der Waals surface area contributed by atoms with E-state index in [9.17, 15) is 25.5 Å². The van der Waals surface area contributed by atoms with Crippen molar-refractivity contribution in [3.05, 3.63) is 0 Å². The summed E-state index contributed by atoms with van der Waals surface area (Å²) in [6, 6.07) is 0. The smallest absolute Gasteiger partial charge is 0.186 e. The van der Waals surface area contributed by atoms with Gasteiger partial charge in [0.05, 0.1) is 13.2 Å². The van der Waals surface area contributed by atoms with Gasteiger partial charge < -0.3 is 35.0 Å².